The SMILES string of the molecule is [2H]CO[C@H]1CC[C@@H](Cn2c(=O)n(C3=CCCCC3)c3ncc(-c4cnc5[nH]ccc5c4)cc32)OC1. The number of imidazole rings is 1. The van der Waals surface area contributed by atoms with Crippen molar-refractivity contribution in [3.05, 3.63) is 53.3 Å². The van der Waals surface area contributed by atoms with Crippen LogP contribution in [0.3, 0.4) is 0 Å². The lowest BCUT2D eigenvalue weighted by atomic mass is 10.0. The van der Waals surface area contributed by atoms with Crippen molar-refractivity contribution in [3.63, 3.8) is 0 Å². The van der Waals surface area contributed by atoms with Crippen molar-refractivity contribution in [1.29, 1.82) is 0 Å². The van der Waals surface area contributed by atoms with Crippen LogP contribution in [0, 0.1) is 0 Å². The molecule has 1 aliphatic heterocycles. The highest BCUT2D eigenvalue weighted by atomic mass is 16.5. The number of H-pyrrole nitrogens is 1. The quantitative estimate of drug-likeness (QED) is 0.478. The van der Waals surface area contributed by atoms with E-state index >= 15 is 0 Å². The Morgan fingerprint density at radius 3 is 2.97 bits per heavy atom. The van der Waals surface area contributed by atoms with Gasteiger partial charge in [0.15, 0.2) is 5.65 Å². The first-order valence-corrected chi connectivity index (χ1v) is 12.0. The molecule has 0 spiro atoms. The standard InChI is InChI=1S/C26H29N5O3/c1-33-22-8-7-21(34-16-22)15-30-23-12-19(18-11-17-9-10-27-24(17)28-13-18)14-29-25(23)31(26(30)32)20-5-3-2-4-6-20/h5,9-14,21-22H,2-4,6-8,15-16H2,1H3,(H,27,28)/t21-,22-/m0/s1/i1D. The molecule has 4 aromatic rings. The molecule has 6 rings (SSSR count). The van der Waals surface area contributed by atoms with E-state index in [2.05, 4.69) is 22.1 Å². The summed E-state index contributed by atoms with van der Waals surface area (Å²) in [6.45, 7) is 0.914. The summed E-state index contributed by atoms with van der Waals surface area (Å²) in [6.07, 6.45) is 13.3. The third kappa shape index (κ3) is 3.76. The number of methoxy groups -OCH3 is 1. The lowest BCUT2D eigenvalue weighted by Crippen LogP contribution is -2.36. The molecule has 8 nitrogen and oxygen atoms in total. The minimum Gasteiger partial charge on any atom is -0.379 e. The smallest absolute Gasteiger partial charge is 0.334 e. The molecule has 1 N–H and O–H groups in total. The first kappa shape index (κ1) is 20.2. The second-order valence-electron chi connectivity index (χ2n) is 9.20. The van der Waals surface area contributed by atoms with E-state index in [1.165, 1.54) is 0 Å². The molecule has 34 heavy (non-hydrogen) atoms. The van der Waals surface area contributed by atoms with Crippen molar-refractivity contribution in [2.45, 2.75) is 57.3 Å². The van der Waals surface area contributed by atoms with E-state index in [0.717, 1.165) is 71.9 Å². The Balaban J connectivity index is 1.41. The highest BCUT2D eigenvalue weighted by Gasteiger charge is 2.25. The molecule has 1 saturated heterocycles. The van der Waals surface area contributed by atoms with Crippen LogP contribution in [0.4, 0.5) is 0 Å². The highest BCUT2D eigenvalue weighted by molar-refractivity contribution is 5.85. The largest absolute Gasteiger partial charge is 0.379 e. The first-order valence-electron chi connectivity index (χ1n) is 12.7. The normalized spacial score (nSPS) is 21.6. The van der Waals surface area contributed by atoms with E-state index in [9.17, 15) is 4.79 Å². The van der Waals surface area contributed by atoms with Gasteiger partial charge in [-0.2, -0.15) is 0 Å². The number of pyridine rings is 2. The highest BCUT2D eigenvalue weighted by Crippen LogP contribution is 2.28. The van der Waals surface area contributed by atoms with Crippen LogP contribution in [0.1, 0.15) is 39.9 Å². The Morgan fingerprint density at radius 1 is 1.24 bits per heavy atom. The summed E-state index contributed by atoms with van der Waals surface area (Å²) in [7, 11) is -0.0569. The van der Waals surface area contributed by atoms with E-state index in [4.69, 9.17) is 15.8 Å². The van der Waals surface area contributed by atoms with Crippen LogP contribution < -0.4 is 5.69 Å². The molecular formula is C26H29N5O3. The zero-order valence-corrected chi connectivity index (χ0v) is 19.1. The van der Waals surface area contributed by atoms with Gasteiger partial charge >= 0.3 is 5.69 Å². The van der Waals surface area contributed by atoms with Crippen LogP contribution in [-0.4, -0.2) is 50.0 Å². The van der Waals surface area contributed by atoms with Gasteiger partial charge in [-0.05, 0) is 56.7 Å². The Morgan fingerprint density at radius 2 is 2.15 bits per heavy atom. The van der Waals surface area contributed by atoms with E-state index in [1.54, 1.807) is 4.57 Å². The second kappa shape index (κ2) is 8.85. The van der Waals surface area contributed by atoms with E-state index in [1.807, 2.05) is 35.3 Å². The third-order valence-electron chi connectivity index (χ3n) is 7.01. The summed E-state index contributed by atoms with van der Waals surface area (Å²) in [5, 5.41) is 1.03. The molecule has 8 heteroatoms. The number of hydrogen-bond donors (Lipinski definition) is 1. The average molecular weight is 461 g/mol. The molecule has 0 amide bonds. The predicted molar refractivity (Wildman–Crippen MR) is 132 cm³/mol. The van der Waals surface area contributed by atoms with Gasteiger partial charge in [0, 0.05) is 47.9 Å². The van der Waals surface area contributed by atoms with Gasteiger partial charge in [-0.25, -0.2) is 19.3 Å². The van der Waals surface area contributed by atoms with E-state index in [-0.39, 0.29) is 25.0 Å². The lowest BCUT2D eigenvalue weighted by molar-refractivity contribution is -0.0757. The number of nitrogens with one attached hydrogen (secondary N) is 1. The summed E-state index contributed by atoms with van der Waals surface area (Å²) < 4.78 is 22.3. The second-order valence-corrected chi connectivity index (χ2v) is 9.20. The van der Waals surface area contributed by atoms with Crippen LogP contribution >= 0.6 is 0 Å². The molecule has 1 fully saturated rings. The van der Waals surface area contributed by atoms with Crippen LogP contribution in [-0.2, 0) is 16.0 Å². The molecule has 2 atom stereocenters. The van der Waals surface area contributed by atoms with Gasteiger partial charge in [-0.3, -0.25) is 4.57 Å². The lowest BCUT2D eigenvalue weighted by Gasteiger charge is -2.28. The maximum atomic E-state index is 13.7. The van der Waals surface area contributed by atoms with Crippen molar-refractivity contribution >= 4 is 27.9 Å². The zero-order chi connectivity index (χ0) is 23.8. The number of nitrogens with zero attached hydrogens (tertiary/aromatic N) is 4. The van der Waals surface area contributed by atoms with Gasteiger partial charge in [0.25, 0.3) is 0 Å². The van der Waals surface area contributed by atoms with Crippen molar-refractivity contribution in [2.75, 3.05) is 13.7 Å². The maximum absolute atomic E-state index is 13.7. The van der Waals surface area contributed by atoms with Gasteiger partial charge in [-0.1, -0.05) is 6.08 Å². The van der Waals surface area contributed by atoms with Crippen molar-refractivity contribution in [2.24, 2.45) is 0 Å². The van der Waals surface area contributed by atoms with Gasteiger partial charge in [0.2, 0.25) is 0 Å². The van der Waals surface area contributed by atoms with Crippen molar-refractivity contribution in [3.8, 4) is 11.1 Å². The van der Waals surface area contributed by atoms with Crippen LogP contribution in [0.15, 0.2) is 47.7 Å². The summed E-state index contributed by atoms with van der Waals surface area (Å²) in [6, 6.07) is 6.13. The van der Waals surface area contributed by atoms with Crippen LogP contribution in [0.25, 0.3) is 39.0 Å². The number of allylic oxidation sites excluding steroid dienone is 2. The van der Waals surface area contributed by atoms with Crippen LogP contribution in [0.5, 0.6) is 0 Å². The number of ether oxygens (including phenoxy) is 2. The molecule has 0 bridgehead atoms. The Hall–Kier alpha value is -3.23. The fraction of sp³-hybridized carbons (Fsp3) is 0.423. The maximum Gasteiger partial charge on any atom is 0.334 e. The number of fused-ring (bicyclic) bond motifs is 2. The minimum absolute atomic E-state index is 0.0432. The minimum atomic E-state index is -0.0841. The predicted octanol–water partition coefficient (Wildman–Crippen LogP) is 4.35. The average Bonchev–Trinajstić information content (AvgIpc) is 3.47. The molecule has 176 valence electrons. The summed E-state index contributed by atoms with van der Waals surface area (Å²) in [5.41, 5.74) is 5.19. The number of hydrogen-bond acceptors (Lipinski definition) is 5. The van der Waals surface area contributed by atoms with Crippen LogP contribution in [0.2, 0.25) is 0 Å². The zero-order valence-electron chi connectivity index (χ0n) is 20.1. The van der Waals surface area contributed by atoms with Gasteiger partial charge in [0.05, 0.1) is 32.2 Å². The first-order chi connectivity index (χ1) is 17.2. The molecule has 0 aromatic carbocycles. The fourth-order valence-electron chi connectivity index (χ4n) is 5.11. The Labute approximate surface area is 198 Å². The molecule has 0 radical (unpaired) electrons. The number of aromatic nitrogens is 5. The number of rotatable bonds is 5. The van der Waals surface area contributed by atoms with Crippen molar-refractivity contribution < 1.29 is 10.8 Å². The molecule has 0 unspecified atom stereocenters. The Kier molecular flexibility index (Phi) is 5.25. The molecule has 1 aliphatic carbocycles. The fourth-order valence-corrected chi connectivity index (χ4v) is 5.11. The van der Waals surface area contributed by atoms with E-state index < -0.39 is 0 Å². The monoisotopic (exact) mass is 460 g/mol. The van der Waals surface area contributed by atoms with Gasteiger partial charge < -0.3 is 14.5 Å². The van der Waals surface area contributed by atoms with Crippen molar-refractivity contribution in [1.82, 2.24) is 24.1 Å². The molecule has 4 aromatic heterocycles. The number of aromatic amines is 1. The van der Waals surface area contributed by atoms with E-state index in [0.29, 0.717) is 18.8 Å². The summed E-state index contributed by atoms with van der Waals surface area (Å²) in [4.78, 5) is 26.2. The van der Waals surface area contributed by atoms with Gasteiger partial charge in [0.1, 0.15) is 5.65 Å². The summed E-state index contributed by atoms with van der Waals surface area (Å²) >= 11 is 0. The third-order valence-corrected chi connectivity index (χ3v) is 7.01. The topological polar surface area (TPSA) is 87.0 Å². The summed E-state index contributed by atoms with van der Waals surface area (Å²) in [5.74, 6) is 0. The Bertz CT molecular complexity index is 1440. The molecular weight excluding hydrogens is 430 g/mol. The molecule has 2 aliphatic rings. The van der Waals surface area contributed by atoms with Gasteiger partial charge in [-0.15, -0.1) is 0 Å². The molecule has 0 saturated carbocycles. The molecule has 5 heterocycles.